The first-order chi connectivity index (χ1) is 36.2. The van der Waals surface area contributed by atoms with Gasteiger partial charge in [0.1, 0.15) is 26.4 Å². The molecule has 4 aromatic rings. The number of alkyl halides is 6. The minimum Gasteiger partial charge on any atom is -0.487 e. The van der Waals surface area contributed by atoms with Gasteiger partial charge in [0.25, 0.3) is 0 Å². The molecule has 0 amide bonds. The summed E-state index contributed by atoms with van der Waals surface area (Å²) in [5, 5.41) is 0. The maximum absolute atomic E-state index is 6.29. The highest BCUT2D eigenvalue weighted by Gasteiger charge is 2.20. The van der Waals surface area contributed by atoms with E-state index in [-0.39, 0.29) is 0 Å². The minimum absolute atomic E-state index is 0.427. The zero-order valence-electron chi connectivity index (χ0n) is 42.3. The lowest BCUT2D eigenvalue weighted by atomic mass is 10.1. The number of halogens is 6. The van der Waals surface area contributed by atoms with E-state index in [9.17, 15) is 0 Å². The fourth-order valence-corrected chi connectivity index (χ4v) is 8.10. The predicted molar refractivity (Wildman–Crippen MR) is 296 cm³/mol. The molecule has 0 N–H and O–H groups in total. The van der Waals surface area contributed by atoms with Crippen LogP contribution in [-0.4, -0.2) is 186 Å². The summed E-state index contributed by atoms with van der Waals surface area (Å²) in [5.74, 6) is 2.90. The number of hydrogen-bond donors (Lipinski definition) is 0. The molecule has 0 aromatic heterocycles. The lowest BCUT2D eigenvalue weighted by Crippen LogP contribution is -2.45. The lowest BCUT2D eigenvalue weighted by molar-refractivity contribution is 0.00708. The van der Waals surface area contributed by atoms with Gasteiger partial charge < -0.3 is 47.4 Å². The van der Waals surface area contributed by atoms with E-state index in [1.165, 1.54) is 22.3 Å². The van der Waals surface area contributed by atoms with Crippen molar-refractivity contribution < 1.29 is 47.4 Å². The molecule has 0 aliphatic carbocycles. The highest BCUT2D eigenvalue weighted by Crippen LogP contribution is 2.31. The van der Waals surface area contributed by atoms with Crippen LogP contribution in [-0.2, 0) is 54.6 Å². The topological polar surface area (TPSA) is 105 Å². The van der Waals surface area contributed by atoms with Crippen molar-refractivity contribution in [1.29, 1.82) is 0 Å². The molecule has 0 unspecified atom stereocenters. The van der Waals surface area contributed by atoms with Gasteiger partial charge in [0.15, 0.2) is 31.6 Å². The van der Waals surface area contributed by atoms with Crippen molar-refractivity contribution >= 4 is 69.6 Å². The molecule has 412 valence electrons. The smallest absolute Gasteiger partial charge is 0.180 e. The predicted octanol–water partition coefficient (Wildman–Crippen LogP) is 9.62. The van der Waals surface area contributed by atoms with E-state index in [4.69, 9.17) is 117 Å². The van der Waals surface area contributed by atoms with E-state index >= 15 is 0 Å². The Morgan fingerprint density at radius 3 is 0.784 bits per heavy atom. The average molecular weight is 1150 g/mol. The van der Waals surface area contributed by atoms with Gasteiger partial charge in [-0.2, -0.15) is 0 Å². The molecule has 0 spiro atoms. The van der Waals surface area contributed by atoms with Crippen LogP contribution in [0.3, 0.4) is 0 Å². The van der Waals surface area contributed by atoms with Gasteiger partial charge in [-0.1, -0.05) is 142 Å². The van der Waals surface area contributed by atoms with Gasteiger partial charge >= 0.3 is 0 Å². The van der Waals surface area contributed by atoms with Crippen LogP contribution in [0.4, 0.5) is 0 Å². The Morgan fingerprint density at radius 2 is 0.514 bits per heavy atom. The fraction of sp³-hybridized carbons (Fsp3) is 0.556. The molecule has 3 aliphatic rings. The molecule has 4 aromatic carbocycles. The van der Waals surface area contributed by atoms with Gasteiger partial charge in [-0.25, -0.2) is 0 Å². The highest BCUT2D eigenvalue weighted by atomic mass is 35.6. The molecule has 1 saturated heterocycles. The molecule has 0 atom stereocenters. The first kappa shape index (κ1) is 62.3. The molecule has 74 heavy (non-hydrogen) atoms. The van der Waals surface area contributed by atoms with Crippen LogP contribution < -0.4 is 18.9 Å². The number of hydrogen-bond acceptors (Lipinski definition) is 14. The minimum atomic E-state index is -0.750. The van der Waals surface area contributed by atoms with Gasteiger partial charge in [-0.05, 0) is 46.5 Å². The summed E-state index contributed by atoms with van der Waals surface area (Å²) in [6.45, 7) is 18.6. The van der Waals surface area contributed by atoms with Crippen molar-refractivity contribution in [2.45, 2.75) is 34.8 Å². The van der Waals surface area contributed by atoms with Crippen LogP contribution in [0.1, 0.15) is 22.3 Å². The molecule has 20 heteroatoms. The summed E-state index contributed by atoms with van der Waals surface area (Å²) >= 11 is 28.8. The largest absolute Gasteiger partial charge is 0.487 e. The molecular weight excluding hydrogens is 1080 g/mol. The maximum Gasteiger partial charge on any atom is 0.180 e. The Morgan fingerprint density at radius 1 is 0.284 bits per heavy atom. The van der Waals surface area contributed by atoms with Crippen molar-refractivity contribution in [3.8, 4) is 23.0 Å². The second kappa shape index (κ2) is 38.9. The Labute approximate surface area is 469 Å². The maximum atomic E-state index is 6.29. The van der Waals surface area contributed by atoms with Crippen LogP contribution in [0, 0.1) is 0 Å². The molecule has 0 saturated carbocycles. The van der Waals surface area contributed by atoms with E-state index in [2.05, 4.69) is 105 Å². The summed E-state index contributed by atoms with van der Waals surface area (Å²) in [7, 11) is 0. The second-order valence-electron chi connectivity index (χ2n) is 17.2. The summed E-state index contributed by atoms with van der Waals surface area (Å²) in [4.78, 5) is 10.4. The van der Waals surface area contributed by atoms with E-state index in [1.807, 2.05) is 12.1 Å². The quantitative estimate of drug-likeness (QED) is 0.157. The number of nitrogens with zero attached hydrogens (tertiary/aromatic N) is 4. The number of ether oxygens (including phenoxy) is 10. The van der Waals surface area contributed by atoms with E-state index < -0.39 is 8.59 Å². The summed E-state index contributed by atoms with van der Waals surface area (Å²) < 4.78 is 57.5. The third-order valence-electron chi connectivity index (χ3n) is 11.7. The van der Waals surface area contributed by atoms with Gasteiger partial charge in [-0.15, -0.1) is 0 Å². The molecule has 0 bridgehead atoms. The Bertz CT molecular complexity index is 1880. The number of fused-ring (bicyclic) bond motifs is 2. The van der Waals surface area contributed by atoms with Crippen molar-refractivity contribution in [1.82, 2.24) is 19.6 Å². The van der Waals surface area contributed by atoms with Gasteiger partial charge in [0, 0.05) is 78.5 Å². The molecule has 0 radical (unpaired) electrons. The zero-order chi connectivity index (χ0) is 52.3. The lowest BCUT2D eigenvalue weighted by Gasteiger charge is -2.34. The standard InChI is InChI=1S/C52H72N4O10.2CHCl3/c1-3-7-45(8-4-1)41-53-15-19-55(43-47-11-13-49-51(39-47)65-37-33-61-29-25-57-23-27-59-31-35-63-49)21-17-54(42-46-9-5-2-6-10-46)18-22-56(20-16-53)44-48-12-14-50-52(40-48)66-38-34-62-30-26-58-24-28-60-32-36-64-50;2*2-1(3)4/h1-14,39-40H,15-38,41-44H2;2*1H. The third-order valence-corrected chi connectivity index (χ3v) is 11.7. The SMILES string of the molecule is ClC(Cl)Cl.ClC(Cl)Cl.c1ccc(CN2CCN(Cc3ccc4c(c3)OCCOCCOCCOCCO4)CCN(Cc3ccccc3)CCN(Cc3ccc4c(c3)OCCOCCOCCOCCO4)CC2)cc1. The second-order valence-corrected chi connectivity index (χ2v) is 21.2. The van der Waals surface area contributed by atoms with Crippen LogP contribution in [0.15, 0.2) is 97.1 Å². The van der Waals surface area contributed by atoms with Crippen molar-refractivity contribution in [3.63, 3.8) is 0 Å². The van der Waals surface area contributed by atoms with E-state index in [0.717, 1.165) is 102 Å². The summed E-state index contributed by atoms with van der Waals surface area (Å²) in [6, 6.07) is 34.4. The number of rotatable bonds is 8. The normalized spacial score (nSPS) is 18.8. The van der Waals surface area contributed by atoms with Gasteiger partial charge in [-0.3, -0.25) is 19.6 Å². The van der Waals surface area contributed by atoms with Crippen LogP contribution in [0.5, 0.6) is 23.0 Å². The molecule has 1 fully saturated rings. The summed E-state index contributed by atoms with van der Waals surface area (Å²) in [5.41, 5.74) is 5.00. The zero-order valence-corrected chi connectivity index (χ0v) is 46.9. The monoisotopic (exact) mass is 1150 g/mol. The molecule has 3 aliphatic heterocycles. The van der Waals surface area contributed by atoms with Crippen molar-refractivity contribution in [2.24, 2.45) is 0 Å². The van der Waals surface area contributed by atoms with E-state index in [1.54, 1.807) is 0 Å². The van der Waals surface area contributed by atoms with Gasteiger partial charge in [0.2, 0.25) is 0 Å². The first-order valence-electron chi connectivity index (χ1n) is 25.3. The third kappa shape index (κ3) is 28.2. The van der Waals surface area contributed by atoms with Crippen LogP contribution >= 0.6 is 69.6 Å². The van der Waals surface area contributed by atoms with Crippen molar-refractivity contribution in [2.75, 3.05) is 158 Å². The number of benzene rings is 4. The van der Waals surface area contributed by atoms with E-state index in [0.29, 0.717) is 106 Å². The first-order valence-corrected chi connectivity index (χ1v) is 27.9. The Hall–Kier alpha value is -2.58. The Kier molecular flexibility index (Phi) is 32.7. The van der Waals surface area contributed by atoms with Crippen LogP contribution in [0.2, 0.25) is 0 Å². The average Bonchev–Trinajstić information content (AvgIpc) is 3.40. The van der Waals surface area contributed by atoms with Crippen LogP contribution in [0.25, 0.3) is 0 Å². The molecular formula is C54H74Cl6N4O10. The highest BCUT2D eigenvalue weighted by molar-refractivity contribution is 6.63. The molecule has 7 rings (SSSR count). The van der Waals surface area contributed by atoms with Crippen molar-refractivity contribution in [3.05, 3.63) is 119 Å². The molecule has 3 heterocycles. The Balaban J connectivity index is 0.00000118. The summed E-state index contributed by atoms with van der Waals surface area (Å²) in [6.07, 6.45) is 0. The fourth-order valence-electron chi connectivity index (χ4n) is 8.10. The molecule has 14 nitrogen and oxygen atoms in total. The van der Waals surface area contributed by atoms with Gasteiger partial charge in [0.05, 0.1) is 79.3 Å².